The maximum Gasteiger partial charge on any atom is 0.233 e. The monoisotopic (exact) mass is 372 g/mol. The van der Waals surface area contributed by atoms with Gasteiger partial charge in [0.1, 0.15) is 0 Å². The highest BCUT2D eigenvalue weighted by Gasteiger charge is 2.26. The van der Waals surface area contributed by atoms with Crippen molar-refractivity contribution in [1.82, 2.24) is 0 Å². The predicted octanol–water partition coefficient (Wildman–Crippen LogP) is 3.22. The second-order valence-electron chi connectivity index (χ2n) is 6.89. The summed E-state index contributed by atoms with van der Waals surface area (Å²) in [5.41, 5.74) is 3.43. The number of anilines is 2. The summed E-state index contributed by atoms with van der Waals surface area (Å²) in [6, 6.07) is 15.0. The van der Waals surface area contributed by atoms with E-state index in [1.165, 1.54) is 0 Å². The minimum Gasteiger partial charge on any atom is -0.312 e. The molecule has 1 aliphatic rings. The molecule has 26 heavy (non-hydrogen) atoms. The number of hydrogen-bond donors (Lipinski definition) is 1. The normalized spacial score (nSPS) is 13.7. The summed E-state index contributed by atoms with van der Waals surface area (Å²) in [6.45, 7) is 4.42. The highest BCUT2D eigenvalue weighted by Crippen LogP contribution is 2.31. The Morgan fingerprint density at radius 2 is 1.88 bits per heavy atom. The highest BCUT2D eigenvalue weighted by atomic mass is 32.2. The van der Waals surface area contributed by atoms with Gasteiger partial charge in [-0.3, -0.25) is 9.52 Å². The van der Waals surface area contributed by atoms with Gasteiger partial charge in [0.2, 0.25) is 15.9 Å². The molecule has 0 aliphatic carbocycles. The van der Waals surface area contributed by atoms with Crippen molar-refractivity contribution in [2.24, 2.45) is 5.92 Å². The number of benzene rings is 2. The molecule has 0 atom stereocenters. The van der Waals surface area contributed by atoms with Crippen LogP contribution in [0.5, 0.6) is 0 Å². The molecule has 2 aromatic carbocycles. The second kappa shape index (κ2) is 7.50. The number of rotatable bonds is 6. The minimum atomic E-state index is -3.42. The molecule has 6 heteroatoms. The topological polar surface area (TPSA) is 66.5 Å². The third kappa shape index (κ3) is 4.25. The minimum absolute atomic E-state index is 0.0338. The summed E-state index contributed by atoms with van der Waals surface area (Å²) >= 11 is 0. The van der Waals surface area contributed by atoms with Crippen molar-refractivity contribution >= 4 is 27.3 Å². The third-order valence-corrected chi connectivity index (χ3v) is 5.80. The molecule has 1 heterocycles. The number of hydrogen-bond acceptors (Lipinski definition) is 3. The second-order valence-corrected chi connectivity index (χ2v) is 8.74. The van der Waals surface area contributed by atoms with E-state index in [1.54, 1.807) is 11.0 Å². The Morgan fingerprint density at radius 3 is 2.58 bits per heavy atom. The van der Waals surface area contributed by atoms with E-state index in [4.69, 9.17) is 0 Å². The molecule has 2 aromatic rings. The Bertz CT molecular complexity index is 893. The van der Waals surface area contributed by atoms with Crippen LogP contribution in [0.1, 0.15) is 25.0 Å². The van der Waals surface area contributed by atoms with Gasteiger partial charge in [0, 0.05) is 23.8 Å². The van der Waals surface area contributed by atoms with Gasteiger partial charge in [-0.25, -0.2) is 8.42 Å². The van der Waals surface area contributed by atoms with Crippen molar-refractivity contribution in [3.63, 3.8) is 0 Å². The number of carbonyl (C=O) groups excluding carboxylic acids is 1. The van der Waals surface area contributed by atoms with Gasteiger partial charge in [-0.15, -0.1) is 0 Å². The molecule has 5 nitrogen and oxygen atoms in total. The van der Waals surface area contributed by atoms with Gasteiger partial charge in [-0.2, -0.15) is 0 Å². The first-order valence-electron chi connectivity index (χ1n) is 8.84. The highest BCUT2D eigenvalue weighted by molar-refractivity contribution is 7.92. The van der Waals surface area contributed by atoms with Crippen LogP contribution >= 0.6 is 0 Å². The first-order valence-corrected chi connectivity index (χ1v) is 10.5. The number of sulfonamides is 1. The van der Waals surface area contributed by atoms with Crippen LogP contribution in [-0.4, -0.2) is 26.6 Å². The molecule has 0 spiro atoms. The Labute approximate surface area is 155 Å². The fraction of sp³-hybridized carbons (Fsp3) is 0.350. The van der Waals surface area contributed by atoms with Crippen LogP contribution in [0.25, 0.3) is 0 Å². The van der Waals surface area contributed by atoms with E-state index in [0.29, 0.717) is 18.7 Å². The Hall–Kier alpha value is -2.34. The van der Waals surface area contributed by atoms with Crippen molar-refractivity contribution in [2.45, 2.75) is 26.7 Å². The van der Waals surface area contributed by atoms with Gasteiger partial charge >= 0.3 is 0 Å². The summed E-state index contributed by atoms with van der Waals surface area (Å²) in [5.74, 6) is 0.0727. The number of carbonyl (C=O) groups is 1. The van der Waals surface area contributed by atoms with Gasteiger partial charge in [0.05, 0.1) is 5.75 Å². The molecule has 0 radical (unpaired) electrons. The van der Waals surface area contributed by atoms with Gasteiger partial charge in [-0.05, 0) is 42.2 Å². The van der Waals surface area contributed by atoms with Crippen molar-refractivity contribution in [1.29, 1.82) is 0 Å². The van der Waals surface area contributed by atoms with Crippen molar-refractivity contribution in [3.05, 3.63) is 59.7 Å². The lowest BCUT2D eigenvalue weighted by molar-refractivity contribution is -0.121. The maximum absolute atomic E-state index is 12.4. The molecule has 0 aromatic heterocycles. The van der Waals surface area contributed by atoms with E-state index in [-0.39, 0.29) is 17.6 Å². The van der Waals surface area contributed by atoms with Crippen molar-refractivity contribution in [3.8, 4) is 0 Å². The fourth-order valence-electron chi connectivity index (χ4n) is 3.13. The quantitative estimate of drug-likeness (QED) is 0.847. The summed E-state index contributed by atoms with van der Waals surface area (Å²) in [7, 11) is -3.42. The molecule has 0 unspecified atom stereocenters. The van der Waals surface area contributed by atoms with Crippen LogP contribution < -0.4 is 9.62 Å². The Balaban J connectivity index is 1.68. The van der Waals surface area contributed by atoms with Crippen LogP contribution in [0.2, 0.25) is 0 Å². The zero-order valence-corrected chi connectivity index (χ0v) is 15.9. The lowest BCUT2D eigenvalue weighted by Crippen LogP contribution is -2.32. The molecular formula is C20H24N2O3S. The molecule has 138 valence electrons. The van der Waals surface area contributed by atoms with Gasteiger partial charge in [0.15, 0.2) is 0 Å². The number of fused-ring (bicyclic) bond motifs is 1. The lowest BCUT2D eigenvalue weighted by atomic mass is 10.1. The zero-order valence-electron chi connectivity index (χ0n) is 15.1. The van der Waals surface area contributed by atoms with E-state index in [1.807, 2.05) is 56.3 Å². The van der Waals surface area contributed by atoms with Crippen LogP contribution in [0, 0.1) is 5.92 Å². The van der Waals surface area contributed by atoms with Crippen LogP contribution in [0.3, 0.4) is 0 Å². The smallest absolute Gasteiger partial charge is 0.233 e. The molecule has 0 bridgehead atoms. The Kier molecular flexibility index (Phi) is 5.32. The van der Waals surface area contributed by atoms with Gasteiger partial charge < -0.3 is 4.90 Å². The summed E-state index contributed by atoms with van der Waals surface area (Å²) < 4.78 is 27.4. The molecule has 0 fully saturated rings. The zero-order chi connectivity index (χ0) is 18.7. The largest absolute Gasteiger partial charge is 0.312 e. The number of aryl methyl sites for hydroxylation is 1. The summed E-state index contributed by atoms with van der Waals surface area (Å²) in [4.78, 5) is 14.0. The fourth-order valence-corrected chi connectivity index (χ4v) is 4.23. The van der Waals surface area contributed by atoms with Crippen molar-refractivity contribution < 1.29 is 13.2 Å². The molecule has 0 saturated carbocycles. The Morgan fingerprint density at radius 1 is 1.15 bits per heavy atom. The summed E-state index contributed by atoms with van der Waals surface area (Å²) in [6.07, 6.45) is 1.21. The molecule has 1 amide bonds. The van der Waals surface area contributed by atoms with Crippen LogP contribution in [0.15, 0.2) is 48.5 Å². The first-order chi connectivity index (χ1) is 12.4. The third-order valence-electron chi connectivity index (χ3n) is 4.51. The molecular weight excluding hydrogens is 348 g/mol. The maximum atomic E-state index is 12.4. The molecule has 1 aliphatic heterocycles. The lowest BCUT2D eigenvalue weighted by Gasteiger charge is -2.19. The SMILES string of the molecule is CC(C)C(=O)N1CCc2cc(NS(=O)(=O)CCc3ccccc3)ccc21. The van der Waals surface area contributed by atoms with E-state index < -0.39 is 10.0 Å². The number of nitrogens with zero attached hydrogens (tertiary/aromatic N) is 1. The predicted molar refractivity (Wildman–Crippen MR) is 105 cm³/mol. The summed E-state index contributed by atoms with van der Waals surface area (Å²) in [5, 5.41) is 0. The van der Waals surface area contributed by atoms with Gasteiger partial charge in [-0.1, -0.05) is 44.2 Å². The van der Waals surface area contributed by atoms with E-state index in [2.05, 4.69) is 4.72 Å². The van der Waals surface area contributed by atoms with E-state index in [0.717, 1.165) is 23.2 Å². The van der Waals surface area contributed by atoms with Crippen LogP contribution in [-0.2, 0) is 27.7 Å². The van der Waals surface area contributed by atoms with E-state index >= 15 is 0 Å². The number of nitrogens with one attached hydrogen (secondary N) is 1. The standard InChI is InChI=1S/C20H24N2O3S/c1-15(2)20(23)22-12-10-17-14-18(8-9-19(17)22)21-26(24,25)13-11-16-6-4-3-5-7-16/h3-9,14-15,21H,10-13H2,1-2H3. The van der Waals surface area contributed by atoms with Crippen LogP contribution in [0.4, 0.5) is 11.4 Å². The molecule has 0 saturated heterocycles. The first kappa shape index (κ1) is 18.5. The molecule has 1 N–H and O–H groups in total. The van der Waals surface area contributed by atoms with E-state index in [9.17, 15) is 13.2 Å². The van der Waals surface area contributed by atoms with Crippen molar-refractivity contribution in [2.75, 3.05) is 21.9 Å². The average molecular weight is 372 g/mol. The molecule has 3 rings (SSSR count). The van der Waals surface area contributed by atoms with Gasteiger partial charge in [0.25, 0.3) is 0 Å². The number of amides is 1. The average Bonchev–Trinajstić information content (AvgIpc) is 3.03.